The van der Waals surface area contributed by atoms with Crippen LogP contribution in [0.25, 0.3) is 10.9 Å². The second-order valence-electron chi connectivity index (χ2n) is 7.82. The van der Waals surface area contributed by atoms with Gasteiger partial charge in [-0.15, -0.1) is 0 Å². The molecule has 2 aliphatic heterocycles. The van der Waals surface area contributed by atoms with Crippen molar-refractivity contribution in [2.75, 3.05) is 20.3 Å². The Morgan fingerprint density at radius 1 is 1.22 bits per heavy atom. The first-order valence-corrected chi connectivity index (χ1v) is 9.47. The summed E-state index contributed by atoms with van der Waals surface area (Å²) >= 11 is 0. The Balaban J connectivity index is 1.23. The van der Waals surface area contributed by atoms with Crippen LogP contribution in [0.5, 0.6) is 6.01 Å². The van der Waals surface area contributed by atoms with Gasteiger partial charge in [0.1, 0.15) is 7.11 Å². The van der Waals surface area contributed by atoms with Crippen LogP contribution >= 0.6 is 0 Å². The van der Waals surface area contributed by atoms with E-state index in [0.29, 0.717) is 24.7 Å². The maximum absolute atomic E-state index is 6.00. The minimum Gasteiger partial charge on any atom is -0.463 e. The molecular formula is C20H23N5O2. The molecule has 0 spiro atoms. The van der Waals surface area contributed by atoms with Gasteiger partial charge in [-0.2, -0.15) is 4.98 Å². The maximum Gasteiger partial charge on any atom is 0.316 e. The molecule has 0 aromatic carbocycles. The minimum atomic E-state index is 0.217. The van der Waals surface area contributed by atoms with Gasteiger partial charge in [-0.25, -0.2) is 4.98 Å². The number of hydrogen-bond acceptors (Lipinski definition) is 7. The first-order valence-electron chi connectivity index (χ1n) is 9.47. The molecular weight excluding hydrogens is 342 g/mol. The molecule has 2 atom stereocenters. The lowest BCUT2D eigenvalue weighted by Crippen LogP contribution is -2.47. The van der Waals surface area contributed by atoms with Crippen molar-refractivity contribution in [1.82, 2.24) is 19.9 Å². The number of ether oxygens (including phenoxy) is 1. The van der Waals surface area contributed by atoms with Crippen LogP contribution in [-0.4, -0.2) is 57.9 Å². The predicted molar refractivity (Wildman–Crippen MR) is 102 cm³/mol. The zero-order valence-corrected chi connectivity index (χ0v) is 15.4. The molecule has 2 unspecified atom stereocenters. The number of piperidine rings is 1. The van der Waals surface area contributed by atoms with Gasteiger partial charge in [0.25, 0.3) is 0 Å². The maximum atomic E-state index is 6.00. The topological polar surface area (TPSA) is 72.7 Å². The Morgan fingerprint density at radius 3 is 2.78 bits per heavy atom. The average molecular weight is 365 g/mol. The van der Waals surface area contributed by atoms with Gasteiger partial charge in [-0.1, -0.05) is 17.3 Å². The lowest BCUT2D eigenvalue weighted by atomic mass is 9.96. The van der Waals surface area contributed by atoms with Crippen LogP contribution in [0.2, 0.25) is 0 Å². The summed E-state index contributed by atoms with van der Waals surface area (Å²) in [6.45, 7) is 1.71. The Labute approximate surface area is 158 Å². The fourth-order valence-corrected chi connectivity index (χ4v) is 4.16. The lowest BCUT2D eigenvalue weighted by Gasteiger charge is -2.37. The molecule has 2 aromatic heterocycles. The Morgan fingerprint density at radius 2 is 2.04 bits per heavy atom. The molecule has 0 N–H and O–H groups in total. The van der Waals surface area contributed by atoms with Gasteiger partial charge >= 0.3 is 6.01 Å². The first-order chi connectivity index (χ1) is 13.2. The summed E-state index contributed by atoms with van der Waals surface area (Å²) < 4.78 is 6.00. The first kappa shape index (κ1) is 16.6. The third-order valence-corrected chi connectivity index (χ3v) is 5.86. The summed E-state index contributed by atoms with van der Waals surface area (Å²) in [5, 5.41) is 5.10. The second-order valence-corrected chi connectivity index (χ2v) is 7.82. The molecule has 2 bridgehead atoms. The van der Waals surface area contributed by atoms with Crippen LogP contribution in [0.15, 0.2) is 42.0 Å². The third kappa shape index (κ3) is 3.27. The molecule has 5 rings (SSSR count). The summed E-state index contributed by atoms with van der Waals surface area (Å²) in [5.74, 6) is 0. The van der Waals surface area contributed by atoms with Crippen molar-refractivity contribution in [3.63, 3.8) is 0 Å². The van der Waals surface area contributed by atoms with E-state index in [1.807, 2.05) is 6.07 Å². The molecule has 4 heterocycles. The largest absolute Gasteiger partial charge is 0.463 e. The normalized spacial score (nSPS) is 25.6. The Hall–Kier alpha value is -2.54. The van der Waals surface area contributed by atoms with Crippen LogP contribution in [0.3, 0.4) is 0 Å². The molecule has 2 fully saturated rings. The SMILES string of the molecule is CON=C1CC2C=CC(C1)N2CC1(COc2ncc3cnccc3n2)CC1. The number of fused-ring (bicyclic) bond motifs is 3. The highest BCUT2D eigenvalue weighted by Crippen LogP contribution is 2.48. The van der Waals surface area contributed by atoms with Crippen LogP contribution in [0, 0.1) is 5.41 Å². The Bertz CT molecular complexity index is 890. The van der Waals surface area contributed by atoms with E-state index >= 15 is 0 Å². The monoisotopic (exact) mass is 365 g/mol. The molecule has 1 saturated carbocycles. The van der Waals surface area contributed by atoms with E-state index in [0.717, 1.165) is 36.0 Å². The van der Waals surface area contributed by atoms with Crippen molar-refractivity contribution in [2.45, 2.75) is 37.8 Å². The van der Waals surface area contributed by atoms with Gasteiger partial charge in [0.15, 0.2) is 0 Å². The minimum absolute atomic E-state index is 0.217. The van der Waals surface area contributed by atoms with E-state index in [-0.39, 0.29) is 5.41 Å². The summed E-state index contributed by atoms with van der Waals surface area (Å²) in [7, 11) is 1.62. The quantitative estimate of drug-likeness (QED) is 0.579. The fraction of sp³-hybridized carbons (Fsp3) is 0.500. The number of pyridine rings is 1. The van der Waals surface area contributed by atoms with Gasteiger partial charge in [0.2, 0.25) is 0 Å². The van der Waals surface area contributed by atoms with Crippen molar-refractivity contribution in [1.29, 1.82) is 0 Å². The number of aromatic nitrogens is 3. The van der Waals surface area contributed by atoms with Crippen molar-refractivity contribution < 1.29 is 9.57 Å². The molecule has 0 amide bonds. The number of rotatable bonds is 6. The van der Waals surface area contributed by atoms with Gasteiger partial charge < -0.3 is 9.57 Å². The van der Waals surface area contributed by atoms with E-state index in [1.54, 1.807) is 25.7 Å². The van der Waals surface area contributed by atoms with Crippen LogP contribution in [0.1, 0.15) is 25.7 Å². The lowest BCUT2D eigenvalue weighted by molar-refractivity contribution is 0.118. The van der Waals surface area contributed by atoms with Crippen molar-refractivity contribution in [2.24, 2.45) is 10.6 Å². The molecule has 3 aliphatic rings. The van der Waals surface area contributed by atoms with E-state index in [2.05, 4.69) is 37.2 Å². The standard InChI is InChI=1S/C20H23N5O2/c1-26-24-15-8-16-2-3-17(9-15)25(16)12-20(5-6-20)13-27-19-22-11-14-10-21-7-4-18(14)23-19/h2-4,7,10-11,16-17H,5-6,8-9,12-13H2,1H3. The summed E-state index contributed by atoms with van der Waals surface area (Å²) in [6, 6.07) is 3.20. The number of nitrogens with zero attached hydrogens (tertiary/aromatic N) is 5. The van der Waals surface area contributed by atoms with E-state index in [4.69, 9.17) is 9.57 Å². The highest BCUT2D eigenvalue weighted by molar-refractivity contribution is 5.87. The van der Waals surface area contributed by atoms with Crippen LogP contribution < -0.4 is 4.74 Å². The predicted octanol–water partition coefficient (Wildman–Crippen LogP) is 2.59. The van der Waals surface area contributed by atoms with Crippen LogP contribution in [0.4, 0.5) is 0 Å². The van der Waals surface area contributed by atoms with Gasteiger partial charge in [0, 0.05) is 60.9 Å². The smallest absolute Gasteiger partial charge is 0.316 e. The number of oxime groups is 1. The fourth-order valence-electron chi connectivity index (χ4n) is 4.16. The van der Waals surface area contributed by atoms with Gasteiger partial charge in [0.05, 0.1) is 17.8 Å². The number of hydrogen-bond donors (Lipinski definition) is 0. The molecule has 140 valence electrons. The molecule has 1 aliphatic carbocycles. The van der Waals surface area contributed by atoms with E-state index in [1.165, 1.54) is 12.8 Å². The third-order valence-electron chi connectivity index (χ3n) is 5.86. The van der Waals surface area contributed by atoms with Gasteiger partial charge in [-0.05, 0) is 18.9 Å². The molecule has 0 radical (unpaired) electrons. The Kier molecular flexibility index (Phi) is 4.04. The molecule has 7 nitrogen and oxygen atoms in total. The zero-order chi connectivity index (χ0) is 18.3. The van der Waals surface area contributed by atoms with E-state index < -0.39 is 0 Å². The van der Waals surface area contributed by atoms with E-state index in [9.17, 15) is 0 Å². The highest BCUT2D eigenvalue weighted by Gasteiger charge is 2.48. The zero-order valence-electron chi connectivity index (χ0n) is 15.4. The van der Waals surface area contributed by atoms with Crippen molar-refractivity contribution in [3.8, 4) is 6.01 Å². The van der Waals surface area contributed by atoms with Crippen molar-refractivity contribution in [3.05, 3.63) is 36.8 Å². The average Bonchev–Trinajstić information content (AvgIpc) is 3.42. The summed E-state index contributed by atoms with van der Waals surface area (Å²) in [4.78, 5) is 20.5. The molecule has 27 heavy (non-hydrogen) atoms. The second kappa shape index (κ2) is 6.56. The molecule has 1 saturated heterocycles. The van der Waals surface area contributed by atoms with Crippen molar-refractivity contribution >= 4 is 16.6 Å². The summed E-state index contributed by atoms with van der Waals surface area (Å²) in [6.07, 6.45) is 14.2. The molecule has 7 heteroatoms. The molecule has 2 aromatic rings. The van der Waals surface area contributed by atoms with Gasteiger partial charge in [-0.3, -0.25) is 9.88 Å². The van der Waals surface area contributed by atoms with Crippen LogP contribution in [-0.2, 0) is 4.84 Å². The highest BCUT2D eigenvalue weighted by atomic mass is 16.6. The summed E-state index contributed by atoms with van der Waals surface area (Å²) in [5.41, 5.74) is 2.24.